The van der Waals surface area contributed by atoms with Gasteiger partial charge in [-0.25, -0.2) is 14.8 Å². The van der Waals surface area contributed by atoms with Crippen molar-refractivity contribution in [2.75, 3.05) is 5.32 Å². The number of imide groups is 1. The van der Waals surface area contributed by atoms with E-state index in [-0.39, 0.29) is 11.7 Å². The maximum atomic E-state index is 11.9. The number of ether oxygens (including phenoxy) is 1. The van der Waals surface area contributed by atoms with Gasteiger partial charge < -0.3 is 9.15 Å². The molecule has 0 aliphatic heterocycles. The standard InChI is InChI=1S/C19H19N5O4/c1-19(2,3)17(25)24-18(26)23-16-5-4-13(9-22-16)28-12-6-7-21-14(8-12)15-10-20-11-27-15/h4-11H,1-3H3,(H2,22,23,24,25,26). The molecule has 9 heteroatoms. The van der Waals surface area contributed by atoms with Crippen molar-refractivity contribution < 1.29 is 18.7 Å². The number of pyridine rings is 2. The minimum atomic E-state index is -0.669. The van der Waals surface area contributed by atoms with Crippen LogP contribution in [-0.4, -0.2) is 26.9 Å². The van der Waals surface area contributed by atoms with Gasteiger partial charge in [0.05, 0.1) is 12.4 Å². The maximum absolute atomic E-state index is 11.9. The van der Waals surface area contributed by atoms with E-state index in [0.29, 0.717) is 23.0 Å². The van der Waals surface area contributed by atoms with E-state index in [1.54, 1.807) is 57.4 Å². The summed E-state index contributed by atoms with van der Waals surface area (Å²) >= 11 is 0. The zero-order valence-corrected chi connectivity index (χ0v) is 15.6. The molecule has 0 atom stereocenters. The third kappa shape index (κ3) is 4.91. The SMILES string of the molecule is CC(C)(C)C(=O)NC(=O)Nc1ccc(Oc2ccnc(-c3cnco3)c2)cn1. The number of aromatic nitrogens is 3. The second kappa shape index (κ2) is 7.87. The Balaban J connectivity index is 1.61. The van der Waals surface area contributed by atoms with Gasteiger partial charge in [-0.05, 0) is 18.2 Å². The first-order valence-corrected chi connectivity index (χ1v) is 8.42. The molecule has 3 rings (SSSR count). The monoisotopic (exact) mass is 381 g/mol. The van der Waals surface area contributed by atoms with Gasteiger partial charge in [0, 0.05) is 17.7 Å². The van der Waals surface area contributed by atoms with Gasteiger partial charge in [0.15, 0.2) is 12.2 Å². The lowest BCUT2D eigenvalue weighted by atomic mass is 9.96. The van der Waals surface area contributed by atoms with Crippen LogP contribution in [0.1, 0.15) is 20.8 Å². The van der Waals surface area contributed by atoms with Gasteiger partial charge in [0.2, 0.25) is 5.91 Å². The summed E-state index contributed by atoms with van der Waals surface area (Å²) in [5, 5.41) is 4.76. The van der Waals surface area contributed by atoms with Crippen LogP contribution in [0.5, 0.6) is 11.5 Å². The maximum Gasteiger partial charge on any atom is 0.327 e. The Labute approximate surface area is 161 Å². The largest absolute Gasteiger partial charge is 0.456 e. The summed E-state index contributed by atoms with van der Waals surface area (Å²) in [6.45, 7) is 5.15. The molecule has 2 N–H and O–H groups in total. The molecule has 3 heterocycles. The van der Waals surface area contributed by atoms with Crippen molar-refractivity contribution in [1.29, 1.82) is 0 Å². The number of hydrogen-bond donors (Lipinski definition) is 2. The first-order valence-electron chi connectivity index (χ1n) is 8.42. The number of amides is 3. The fourth-order valence-electron chi connectivity index (χ4n) is 2.04. The molecule has 0 aliphatic rings. The number of urea groups is 1. The third-order valence-corrected chi connectivity index (χ3v) is 3.54. The van der Waals surface area contributed by atoms with Crippen LogP contribution in [0.2, 0.25) is 0 Å². The molecule has 0 spiro atoms. The third-order valence-electron chi connectivity index (χ3n) is 3.54. The van der Waals surface area contributed by atoms with E-state index in [9.17, 15) is 9.59 Å². The van der Waals surface area contributed by atoms with E-state index in [1.807, 2.05) is 0 Å². The fraction of sp³-hybridized carbons (Fsp3) is 0.211. The predicted molar refractivity (Wildman–Crippen MR) is 101 cm³/mol. The molecule has 0 saturated carbocycles. The van der Waals surface area contributed by atoms with Gasteiger partial charge in [-0.3, -0.25) is 20.4 Å². The minimum absolute atomic E-state index is 0.281. The van der Waals surface area contributed by atoms with E-state index in [4.69, 9.17) is 9.15 Å². The van der Waals surface area contributed by atoms with E-state index in [2.05, 4.69) is 25.6 Å². The lowest BCUT2D eigenvalue weighted by Gasteiger charge is -2.16. The number of nitrogens with one attached hydrogen (secondary N) is 2. The molecule has 3 aromatic heterocycles. The Kier molecular flexibility index (Phi) is 5.35. The summed E-state index contributed by atoms with van der Waals surface area (Å²) in [4.78, 5) is 35.8. The number of carbonyl (C=O) groups excluding carboxylic acids is 2. The molecule has 0 aliphatic carbocycles. The van der Waals surface area contributed by atoms with E-state index >= 15 is 0 Å². The van der Waals surface area contributed by atoms with Crippen LogP contribution < -0.4 is 15.4 Å². The molecule has 0 unspecified atom stereocenters. The molecule has 0 aromatic carbocycles. The number of hydrogen-bond acceptors (Lipinski definition) is 7. The molecule has 3 aromatic rings. The second-order valence-corrected chi connectivity index (χ2v) is 6.88. The van der Waals surface area contributed by atoms with Gasteiger partial charge in [-0.2, -0.15) is 0 Å². The van der Waals surface area contributed by atoms with Crippen LogP contribution in [0.3, 0.4) is 0 Å². The molecule has 0 radical (unpaired) electrons. The summed E-state index contributed by atoms with van der Waals surface area (Å²) in [6, 6.07) is 5.96. The predicted octanol–water partition coefficient (Wildman–Crippen LogP) is 3.62. The van der Waals surface area contributed by atoms with Gasteiger partial charge in [0.1, 0.15) is 23.0 Å². The lowest BCUT2D eigenvalue weighted by molar-refractivity contribution is -0.127. The number of nitrogens with zero attached hydrogens (tertiary/aromatic N) is 3. The van der Waals surface area contributed by atoms with Crippen molar-refractivity contribution >= 4 is 17.8 Å². The van der Waals surface area contributed by atoms with E-state index in [0.717, 1.165) is 0 Å². The van der Waals surface area contributed by atoms with Crippen molar-refractivity contribution in [3.8, 4) is 23.0 Å². The van der Waals surface area contributed by atoms with Gasteiger partial charge in [0.25, 0.3) is 0 Å². The van der Waals surface area contributed by atoms with E-state index in [1.165, 1.54) is 12.6 Å². The fourth-order valence-corrected chi connectivity index (χ4v) is 2.04. The Hall–Kier alpha value is -3.75. The topological polar surface area (TPSA) is 119 Å². The van der Waals surface area contributed by atoms with Crippen molar-refractivity contribution in [1.82, 2.24) is 20.3 Å². The highest BCUT2D eigenvalue weighted by Crippen LogP contribution is 2.25. The highest BCUT2D eigenvalue weighted by Gasteiger charge is 2.23. The van der Waals surface area contributed by atoms with Gasteiger partial charge >= 0.3 is 6.03 Å². The summed E-state index contributed by atoms with van der Waals surface area (Å²) in [5.41, 5.74) is -0.0844. The molecular formula is C19H19N5O4. The second-order valence-electron chi connectivity index (χ2n) is 6.88. The Morgan fingerprint density at radius 1 is 1.07 bits per heavy atom. The highest BCUT2D eigenvalue weighted by molar-refractivity contribution is 6.02. The number of rotatable bonds is 4. The zero-order valence-electron chi connectivity index (χ0n) is 15.6. The molecule has 3 amide bonds. The quantitative estimate of drug-likeness (QED) is 0.708. The Morgan fingerprint density at radius 3 is 2.54 bits per heavy atom. The van der Waals surface area contributed by atoms with Crippen LogP contribution in [-0.2, 0) is 4.79 Å². The van der Waals surface area contributed by atoms with Crippen molar-refractivity contribution in [3.05, 3.63) is 49.2 Å². The molecule has 28 heavy (non-hydrogen) atoms. The van der Waals surface area contributed by atoms with Crippen LogP contribution in [0.4, 0.5) is 10.6 Å². The number of carbonyl (C=O) groups is 2. The van der Waals surface area contributed by atoms with Crippen LogP contribution in [0.25, 0.3) is 11.5 Å². The van der Waals surface area contributed by atoms with Crippen LogP contribution in [0.15, 0.2) is 53.7 Å². The molecule has 9 nitrogen and oxygen atoms in total. The summed E-state index contributed by atoms with van der Waals surface area (Å²) < 4.78 is 11.0. The van der Waals surface area contributed by atoms with E-state index < -0.39 is 11.4 Å². The first-order chi connectivity index (χ1) is 13.3. The highest BCUT2D eigenvalue weighted by atomic mass is 16.5. The Bertz CT molecular complexity index is 963. The molecule has 144 valence electrons. The smallest absolute Gasteiger partial charge is 0.327 e. The Morgan fingerprint density at radius 2 is 1.89 bits per heavy atom. The molecular weight excluding hydrogens is 362 g/mol. The average Bonchev–Trinajstić information content (AvgIpc) is 3.17. The molecule has 0 bridgehead atoms. The molecule has 0 saturated heterocycles. The van der Waals surface area contributed by atoms with Crippen molar-refractivity contribution in [2.45, 2.75) is 20.8 Å². The summed E-state index contributed by atoms with van der Waals surface area (Å²) in [5.74, 6) is 1.43. The lowest BCUT2D eigenvalue weighted by Crippen LogP contribution is -2.41. The number of oxazole rings is 1. The molecule has 0 fully saturated rings. The van der Waals surface area contributed by atoms with Crippen molar-refractivity contribution in [2.24, 2.45) is 5.41 Å². The van der Waals surface area contributed by atoms with Crippen LogP contribution in [0, 0.1) is 5.41 Å². The summed E-state index contributed by atoms with van der Waals surface area (Å²) in [6.07, 6.45) is 5.93. The minimum Gasteiger partial charge on any atom is -0.456 e. The number of anilines is 1. The average molecular weight is 381 g/mol. The van der Waals surface area contributed by atoms with Gasteiger partial charge in [-0.1, -0.05) is 20.8 Å². The van der Waals surface area contributed by atoms with Crippen molar-refractivity contribution in [3.63, 3.8) is 0 Å². The zero-order chi connectivity index (χ0) is 20.1. The first kappa shape index (κ1) is 19.0. The normalized spacial score (nSPS) is 11.0. The van der Waals surface area contributed by atoms with Crippen LogP contribution >= 0.6 is 0 Å². The summed E-state index contributed by atoms with van der Waals surface area (Å²) in [7, 11) is 0. The van der Waals surface area contributed by atoms with Gasteiger partial charge in [-0.15, -0.1) is 0 Å².